The number of hydrogen-bond donors (Lipinski definition) is 0. The monoisotopic (exact) mass is 340 g/mol. The number of hydrogen-bond acceptors (Lipinski definition) is 2. The van der Waals surface area contributed by atoms with Gasteiger partial charge < -0.3 is 4.74 Å². The van der Waals surface area contributed by atoms with Crippen molar-refractivity contribution in [3.63, 3.8) is 0 Å². The molecule has 0 amide bonds. The highest BCUT2D eigenvalue weighted by atomic mass is 16.5. The number of carbonyl (C=O) groups is 1. The van der Waals surface area contributed by atoms with Crippen LogP contribution in [-0.4, -0.2) is 13.1 Å². The van der Waals surface area contributed by atoms with Crippen LogP contribution in [0.15, 0.2) is 96.6 Å². The van der Waals surface area contributed by atoms with Gasteiger partial charge in [-0.25, -0.2) is 0 Å². The van der Waals surface area contributed by atoms with Crippen molar-refractivity contribution in [3.05, 3.63) is 113 Å². The fraction of sp³-hybridized carbons (Fsp3) is 0.125. The molecule has 2 nitrogen and oxygen atoms in total. The number of methoxy groups -OCH3 is 1. The topological polar surface area (TPSA) is 26.3 Å². The molecular weight excluding hydrogens is 320 g/mol. The summed E-state index contributed by atoms with van der Waals surface area (Å²) in [6.07, 6.45) is 0. The van der Waals surface area contributed by atoms with Crippen molar-refractivity contribution in [1.29, 1.82) is 0 Å². The molecule has 0 saturated heterocycles. The highest BCUT2D eigenvalue weighted by Crippen LogP contribution is 2.58. The van der Waals surface area contributed by atoms with Gasteiger partial charge in [0.05, 0.1) is 13.0 Å². The Balaban J connectivity index is 1.92. The summed E-state index contributed by atoms with van der Waals surface area (Å²) in [5.41, 5.74) is 5.68. The minimum absolute atomic E-state index is 0.0686. The maximum absolute atomic E-state index is 12.5. The van der Waals surface area contributed by atoms with Gasteiger partial charge in [-0.3, -0.25) is 4.79 Å². The van der Waals surface area contributed by atoms with Crippen LogP contribution in [0.2, 0.25) is 0 Å². The molecule has 3 aromatic rings. The Morgan fingerprint density at radius 3 is 1.65 bits per heavy atom. The van der Waals surface area contributed by atoms with E-state index in [0.717, 1.165) is 27.8 Å². The molecule has 2 heteroatoms. The molecule has 0 spiro atoms. The van der Waals surface area contributed by atoms with E-state index in [4.69, 9.17) is 4.74 Å². The molecule has 1 saturated carbocycles. The molecular formula is C24H20O2. The molecule has 2 atom stereocenters. The highest BCUT2D eigenvalue weighted by Gasteiger charge is 2.53. The van der Waals surface area contributed by atoms with Crippen LogP contribution < -0.4 is 0 Å². The molecule has 1 aliphatic rings. The van der Waals surface area contributed by atoms with Crippen LogP contribution in [0, 0.1) is 5.92 Å². The van der Waals surface area contributed by atoms with E-state index in [0.29, 0.717) is 0 Å². The number of carbonyl (C=O) groups excluding carboxylic acids is 1. The van der Waals surface area contributed by atoms with Crippen LogP contribution in [0.3, 0.4) is 0 Å². The molecule has 0 heterocycles. The Hall–Kier alpha value is -3.13. The zero-order valence-electron chi connectivity index (χ0n) is 14.6. The van der Waals surface area contributed by atoms with Gasteiger partial charge in [-0.2, -0.15) is 0 Å². The molecule has 128 valence electrons. The lowest BCUT2D eigenvalue weighted by atomic mass is 9.95. The SMILES string of the molecule is COC(=O)C1C(=C(c2ccccc2)c2ccccc2)C1c1ccccc1. The minimum Gasteiger partial charge on any atom is -0.469 e. The van der Waals surface area contributed by atoms with Gasteiger partial charge in [-0.05, 0) is 27.8 Å². The average Bonchev–Trinajstić information content (AvgIpc) is 3.45. The van der Waals surface area contributed by atoms with Gasteiger partial charge in [-0.1, -0.05) is 91.0 Å². The lowest BCUT2D eigenvalue weighted by molar-refractivity contribution is -0.141. The van der Waals surface area contributed by atoms with Crippen LogP contribution in [0.4, 0.5) is 0 Å². The van der Waals surface area contributed by atoms with E-state index in [-0.39, 0.29) is 17.8 Å². The third kappa shape index (κ3) is 2.95. The Kier molecular flexibility index (Phi) is 4.40. The van der Waals surface area contributed by atoms with Gasteiger partial charge in [0.2, 0.25) is 0 Å². The number of ether oxygens (including phenoxy) is 1. The van der Waals surface area contributed by atoms with E-state index in [2.05, 4.69) is 36.4 Å². The van der Waals surface area contributed by atoms with Crippen LogP contribution in [0.5, 0.6) is 0 Å². The van der Waals surface area contributed by atoms with Crippen LogP contribution in [0.1, 0.15) is 22.6 Å². The lowest BCUT2D eigenvalue weighted by Gasteiger charge is -2.09. The number of benzene rings is 3. The maximum Gasteiger partial charge on any atom is 0.313 e. The van der Waals surface area contributed by atoms with E-state index in [9.17, 15) is 4.79 Å². The third-order valence-electron chi connectivity index (χ3n) is 4.92. The van der Waals surface area contributed by atoms with Crippen molar-refractivity contribution >= 4 is 11.5 Å². The molecule has 0 aliphatic heterocycles. The zero-order chi connectivity index (χ0) is 17.9. The summed E-state index contributed by atoms with van der Waals surface area (Å²) in [7, 11) is 1.46. The van der Waals surface area contributed by atoms with Crippen molar-refractivity contribution < 1.29 is 9.53 Å². The molecule has 0 aromatic heterocycles. The smallest absolute Gasteiger partial charge is 0.313 e. The summed E-state index contributed by atoms with van der Waals surface area (Å²) >= 11 is 0. The minimum atomic E-state index is -0.224. The predicted octanol–water partition coefficient (Wildman–Crippen LogP) is 5.08. The summed E-state index contributed by atoms with van der Waals surface area (Å²) in [6.45, 7) is 0. The van der Waals surface area contributed by atoms with Gasteiger partial charge in [0, 0.05) is 5.92 Å². The average molecular weight is 340 g/mol. The first-order valence-electron chi connectivity index (χ1n) is 8.79. The maximum atomic E-state index is 12.5. The number of esters is 1. The molecule has 3 aromatic carbocycles. The predicted molar refractivity (Wildman–Crippen MR) is 104 cm³/mol. The second kappa shape index (κ2) is 7.01. The molecule has 2 unspecified atom stereocenters. The number of rotatable bonds is 4. The first-order chi connectivity index (χ1) is 12.8. The Labute approximate surface area is 153 Å². The van der Waals surface area contributed by atoms with Gasteiger partial charge >= 0.3 is 5.97 Å². The standard InChI is InChI=1S/C24H20O2/c1-26-24(25)23-21(19-15-9-4-10-16-19)22(23)20(17-11-5-2-6-12-17)18-13-7-3-8-14-18/h2-16,21,23H,1H3. The summed E-state index contributed by atoms with van der Waals surface area (Å²) < 4.78 is 5.10. The molecule has 1 fully saturated rings. The zero-order valence-corrected chi connectivity index (χ0v) is 14.6. The van der Waals surface area contributed by atoms with Crippen molar-refractivity contribution in [2.24, 2.45) is 5.92 Å². The first kappa shape index (κ1) is 16.3. The van der Waals surface area contributed by atoms with Crippen molar-refractivity contribution in [2.45, 2.75) is 5.92 Å². The van der Waals surface area contributed by atoms with Gasteiger partial charge in [0.25, 0.3) is 0 Å². The van der Waals surface area contributed by atoms with E-state index in [1.807, 2.05) is 54.6 Å². The molecule has 4 rings (SSSR count). The molecule has 26 heavy (non-hydrogen) atoms. The summed E-state index contributed by atoms with van der Waals surface area (Å²) in [5, 5.41) is 0. The molecule has 0 N–H and O–H groups in total. The second-order valence-corrected chi connectivity index (χ2v) is 6.45. The van der Waals surface area contributed by atoms with Gasteiger partial charge in [0.1, 0.15) is 0 Å². The quantitative estimate of drug-likeness (QED) is 0.620. The summed E-state index contributed by atoms with van der Waals surface area (Å²) in [5.74, 6) is -0.324. The Morgan fingerprint density at radius 2 is 1.19 bits per heavy atom. The van der Waals surface area contributed by atoms with Gasteiger partial charge in [-0.15, -0.1) is 0 Å². The highest BCUT2D eigenvalue weighted by molar-refractivity contribution is 5.95. The first-order valence-corrected chi connectivity index (χ1v) is 8.79. The third-order valence-corrected chi connectivity index (χ3v) is 4.92. The summed E-state index contributed by atoms with van der Waals surface area (Å²) in [4.78, 5) is 12.5. The van der Waals surface area contributed by atoms with E-state index in [1.165, 1.54) is 7.11 Å². The fourth-order valence-corrected chi connectivity index (χ4v) is 3.71. The van der Waals surface area contributed by atoms with E-state index in [1.54, 1.807) is 0 Å². The van der Waals surface area contributed by atoms with E-state index < -0.39 is 0 Å². The van der Waals surface area contributed by atoms with Crippen molar-refractivity contribution in [1.82, 2.24) is 0 Å². The lowest BCUT2D eigenvalue weighted by Crippen LogP contribution is -2.04. The van der Waals surface area contributed by atoms with Crippen LogP contribution in [0.25, 0.3) is 5.57 Å². The molecule has 0 radical (unpaired) electrons. The van der Waals surface area contributed by atoms with Crippen LogP contribution in [-0.2, 0) is 9.53 Å². The molecule has 0 bridgehead atoms. The van der Waals surface area contributed by atoms with E-state index >= 15 is 0 Å². The van der Waals surface area contributed by atoms with Crippen molar-refractivity contribution in [2.75, 3.05) is 7.11 Å². The van der Waals surface area contributed by atoms with Crippen LogP contribution >= 0.6 is 0 Å². The second-order valence-electron chi connectivity index (χ2n) is 6.45. The Bertz CT molecular complexity index is 886. The summed E-state index contributed by atoms with van der Waals surface area (Å²) in [6, 6.07) is 30.8. The van der Waals surface area contributed by atoms with Crippen molar-refractivity contribution in [3.8, 4) is 0 Å². The Morgan fingerprint density at radius 1 is 0.731 bits per heavy atom. The normalized spacial score (nSPS) is 18.3. The van der Waals surface area contributed by atoms with Gasteiger partial charge in [0.15, 0.2) is 0 Å². The largest absolute Gasteiger partial charge is 0.469 e. The molecule has 1 aliphatic carbocycles. The fourth-order valence-electron chi connectivity index (χ4n) is 3.71.